The highest BCUT2D eigenvalue weighted by molar-refractivity contribution is 7.21. The average molecular weight is 642 g/mol. The molecule has 0 radical (unpaired) electrons. The quantitative estimate of drug-likeness (QED) is 0.244. The first-order chi connectivity index (χ1) is 18.5. The van der Waals surface area contributed by atoms with Crippen LogP contribution < -0.4 is 11.1 Å². The summed E-state index contributed by atoms with van der Waals surface area (Å²) < 4.78 is 101. The van der Waals surface area contributed by atoms with E-state index in [-0.39, 0.29) is 6.54 Å². The highest BCUT2D eigenvalue weighted by atomic mass is 35.5. The Morgan fingerprint density at radius 1 is 0.927 bits per heavy atom. The van der Waals surface area contributed by atoms with Crippen molar-refractivity contribution < 1.29 is 64.1 Å². The number of benzene rings is 1. The van der Waals surface area contributed by atoms with E-state index in [0.29, 0.717) is 37.1 Å². The molecule has 8 nitrogen and oxygen atoms in total. The number of nitrogen functional groups attached to an aromatic ring is 1. The highest BCUT2D eigenvalue weighted by Gasteiger charge is 2.39. The van der Waals surface area contributed by atoms with E-state index in [1.807, 2.05) is 6.92 Å². The number of fused-ring (bicyclic) bond motifs is 1. The van der Waals surface area contributed by atoms with Crippen molar-refractivity contribution in [3.63, 3.8) is 0 Å². The second kappa shape index (κ2) is 13.2. The highest BCUT2D eigenvalue weighted by Crippen LogP contribution is 2.38. The number of aliphatic carboxylic acids is 2. The Balaban J connectivity index is 0.000000497. The Kier molecular flexibility index (Phi) is 11.4. The maximum Gasteiger partial charge on any atom is 0.490 e. The van der Waals surface area contributed by atoms with Gasteiger partial charge in [-0.05, 0) is 37.1 Å². The first-order valence-electron chi connectivity index (χ1n) is 10.4. The summed E-state index contributed by atoms with van der Waals surface area (Å²) in [5.74, 6) is -5.93. The number of pyridine rings is 1. The predicted molar refractivity (Wildman–Crippen MR) is 129 cm³/mol. The van der Waals surface area contributed by atoms with Gasteiger partial charge in [0.25, 0.3) is 5.91 Å². The molecule has 0 spiro atoms. The lowest BCUT2D eigenvalue weighted by Gasteiger charge is -2.08. The first kappa shape index (κ1) is 35.2. The minimum atomic E-state index is -5.08. The SMILES string of the molecule is Cc1nc2sc(C(=O)NCc3ccc(C(F)(F)F)cc3)c(N)c2c(C)c1Cl.O=C(O)C(F)(F)F.O=C(O)C(F)(F)F. The summed E-state index contributed by atoms with van der Waals surface area (Å²) in [5, 5.41) is 18.1. The van der Waals surface area contributed by atoms with Crippen LogP contribution in [-0.4, -0.2) is 45.4 Å². The minimum Gasteiger partial charge on any atom is -0.475 e. The molecule has 41 heavy (non-hydrogen) atoms. The van der Waals surface area contributed by atoms with E-state index in [2.05, 4.69) is 10.3 Å². The van der Waals surface area contributed by atoms with Crippen LogP contribution in [0.25, 0.3) is 10.2 Å². The van der Waals surface area contributed by atoms with E-state index in [4.69, 9.17) is 37.1 Å². The molecule has 0 bridgehead atoms. The Labute approximate surface area is 232 Å². The number of halogens is 10. The summed E-state index contributed by atoms with van der Waals surface area (Å²) in [4.78, 5) is 35.6. The molecule has 0 aliphatic heterocycles. The third-order valence-electron chi connectivity index (χ3n) is 4.64. The van der Waals surface area contributed by atoms with Gasteiger partial charge in [0.05, 0.1) is 22.0 Å². The molecule has 3 aromatic rings. The summed E-state index contributed by atoms with van der Waals surface area (Å²) in [6, 6.07) is 4.61. The lowest BCUT2D eigenvalue weighted by molar-refractivity contribution is -0.193. The van der Waals surface area contributed by atoms with Crippen LogP contribution in [0.15, 0.2) is 24.3 Å². The van der Waals surface area contributed by atoms with Crippen molar-refractivity contribution in [2.45, 2.75) is 38.9 Å². The van der Waals surface area contributed by atoms with Gasteiger partial charge in [-0.15, -0.1) is 11.3 Å². The van der Waals surface area contributed by atoms with Crippen molar-refractivity contribution in [1.82, 2.24) is 10.3 Å². The lowest BCUT2D eigenvalue weighted by atomic mass is 10.1. The number of nitrogens with two attached hydrogens (primary N) is 1. The maximum absolute atomic E-state index is 12.6. The normalized spacial score (nSPS) is 11.6. The van der Waals surface area contributed by atoms with E-state index < -0.39 is 41.9 Å². The summed E-state index contributed by atoms with van der Waals surface area (Å²) in [7, 11) is 0. The zero-order valence-corrected chi connectivity index (χ0v) is 21.9. The molecule has 226 valence electrons. The summed E-state index contributed by atoms with van der Waals surface area (Å²) in [6.07, 6.45) is -14.6. The van der Waals surface area contributed by atoms with Crippen molar-refractivity contribution in [2.24, 2.45) is 0 Å². The molecular formula is C22H17ClF9N3O5S. The van der Waals surface area contributed by atoms with Crippen molar-refractivity contribution >= 4 is 56.7 Å². The molecule has 0 aliphatic carbocycles. The number of anilines is 1. The monoisotopic (exact) mass is 641 g/mol. The molecule has 19 heteroatoms. The molecule has 0 unspecified atom stereocenters. The van der Waals surface area contributed by atoms with Gasteiger partial charge in [-0.3, -0.25) is 4.79 Å². The van der Waals surface area contributed by atoms with Crippen molar-refractivity contribution in [3.05, 3.63) is 56.5 Å². The van der Waals surface area contributed by atoms with Crippen LogP contribution in [0.2, 0.25) is 5.02 Å². The van der Waals surface area contributed by atoms with Gasteiger partial charge in [0.2, 0.25) is 0 Å². The summed E-state index contributed by atoms with van der Waals surface area (Å²) in [6.45, 7) is 3.66. The number of carboxylic acids is 2. The number of aryl methyl sites for hydroxylation is 2. The zero-order chi connectivity index (χ0) is 32.1. The van der Waals surface area contributed by atoms with E-state index >= 15 is 0 Å². The van der Waals surface area contributed by atoms with E-state index in [1.54, 1.807) is 6.92 Å². The Hall–Kier alpha value is -3.80. The predicted octanol–water partition coefficient (Wildman–Crippen LogP) is 6.36. The van der Waals surface area contributed by atoms with Crippen molar-refractivity contribution in [1.29, 1.82) is 0 Å². The zero-order valence-electron chi connectivity index (χ0n) is 20.3. The molecule has 0 saturated heterocycles. The number of nitrogens with zero attached hydrogens (tertiary/aromatic N) is 1. The first-order valence-corrected chi connectivity index (χ1v) is 11.6. The van der Waals surface area contributed by atoms with E-state index in [9.17, 15) is 44.3 Å². The Bertz CT molecular complexity index is 1400. The van der Waals surface area contributed by atoms with Crippen LogP contribution in [0.4, 0.5) is 45.2 Å². The van der Waals surface area contributed by atoms with Crippen LogP contribution in [-0.2, 0) is 22.3 Å². The molecule has 0 aliphatic rings. The largest absolute Gasteiger partial charge is 0.490 e. The number of amides is 1. The Morgan fingerprint density at radius 2 is 1.37 bits per heavy atom. The molecule has 1 amide bonds. The van der Waals surface area contributed by atoms with Gasteiger partial charge in [-0.2, -0.15) is 39.5 Å². The smallest absolute Gasteiger partial charge is 0.475 e. The number of thiophene rings is 1. The fraction of sp³-hybridized carbons (Fsp3) is 0.273. The lowest BCUT2D eigenvalue weighted by Crippen LogP contribution is -2.22. The topological polar surface area (TPSA) is 143 Å². The average Bonchev–Trinajstić information content (AvgIpc) is 3.16. The van der Waals surface area contributed by atoms with E-state index in [0.717, 1.165) is 29.0 Å². The fourth-order valence-electron chi connectivity index (χ4n) is 2.70. The molecule has 2 heterocycles. The van der Waals surface area contributed by atoms with Gasteiger partial charge in [0.15, 0.2) is 0 Å². The second-order valence-electron chi connectivity index (χ2n) is 7.64. The molecule has 0 fully saturated rings. The number of hydrogen-bond acceptors (Lipinski definition) is 6. The number of carbonyl (C=O) groups excluding carboxylic acids is 1. The standard InChI is InChI=1S/C18H15ClF3N3OS.2C2HF3O2/c1-8-12-14(23)15(27-17(12)25-9(2)13(8)19)16(26)24-7-10-3-5-11(6-4-10)18(20,21)22;2*3-2(4,5)1(6)7/h3-6H,7,23H2,1-2H3,(H,24,26);2*(H,6,7). The number of rotatable bonds is 3. The number of aromatic nitrogens is 1. The van der Waals surface area contributed by atoms with Crippen LogP contribution in [0, 0.1) is 13.8 Å². The van der Waals surface area contributed by atoms with Gasteiger partial charge in [-0.25, -0.2) is 14.6 Å². The third-order valence-corrected chi connectivity index (χ3v) is 6.30. The fourth-order valence-corrected chi connectivity index (χ4v) is 3.95. The minimum absolute atomic E-state index is 0.0802. The maximum atomic E-state index is 12.6. The van der Waals surface area contributed by atoms with Crippen molar-refractivity contribution in [2.75, 3.05) is 5.73 Å². The van der Waals surface area contributed by atoms with Crippen LogP contribution in [0.5, 0.6) is 0 Å². The van der Waals surface area contributed by atoms with Gasteiger partial charge < -0.3 is 21.3 Å². The van der Waals surface area contributed by atoms with Gasteiger partial charge >= 0.3 is 30.5 Å². The van der Waals surface area contributed by atoms with Crippen molar-refractivity contribution in [3.8, 4) is 0 Å². The molecule has 3 rings (SSSR count). The molecule has 5 N–H and O–H groups in total. The number of hydrogen-bond donors (Lipinski definition) is 4. The van der Waals surface area contributed by atoms with Gasteiger partial charge in [-0.1, -0.05) is 23.7 Å². The number of carboxylic acid groups (broad SMARTS) is 2. The number of nitrogens with one attached hydrogen (secondary N) is 1. The van der Waals surface area contributed by atoms with Crippen LogP contribution in [0.1, 0.15) is 32.1 Å². The van der Waals surface area contributed by atoms with E-state index in [1.165, 1.54) is 12.1 Å². The molecule has 0 atom stereocenters. The summed E-state index contributed by atoms with van der Waals surface area (Å²) in [5.41, 5.74) is 7.64. The van der Waals surface area contributed by atoms with Crippen LogP contribution in [0.3, 0.4) is 0 Å². The number of alkyl halides is 9. The van der Waals surface area contributed by atoms with Crippen LogP contribution >= 0.6 is 22.9 Å². The van der Waals surface area contributed by atoms with Gasteiger partial charge in [0.1, 0.15) is 9.71 Å². The molecular weight excluding hydrogens is 625 g/mol. The Morgan fingerprint density at radius 3 is 1.76 bits per heavy atom. The molecule has 0 saturated carbocycles. The van der Waals surface area contributed by atoms with Gasteiger partial charge in [0, 0.05) is 11.9 Å². The molecule has 2 aromatic heterocycles. The number of carbonyl (C=O) groups is 3. The second-order valence-corrected chi connectivity index (χ2v) is 9.02. The summed E-state index contributed by atoms with van der Waals surface area (Å²) >= 11 is 7.36. The molecule has 1 aromatic carbocycles. The third kappa shape index (κ3) is 9.96.